The Morgan fingerprint density at radius 2 is 0.571 bits per heavy atom. The molecule has 0 saturated carbocycles. The number of rotatable bonds is 0. The number of hydrogen-bond donors (Lipinski definition) is 0. The summed E-state index contributed by atoms with van der Waals surface area (Å²) in [4.78, 5) is 0. The van der Waals surface area contributed by atoms with Crippen molar-refractivity contribution in [1.82, 2.24) is 0 Å². The molecule has 0 aliphatic heterocycles. The van der Waals surface area contributed by atoms with Crippen LogP contribution < -0.4 is 0 Å². The van der Waals surface area contributed by atoms with Gasteiger partial charge in [-0.25, -0.2) is 0 Å². The SMILES string of the molecule is [I][Ag]([I])([I])([I])([I])[I]. The van der Waals surface area contributed by atoms with Gasteiger partial charge in [0.15, 0.2) is 0 Å². The molecule has 0 nitrogen and oxygen atoms in total. The summed E-state index contributed by atoms with van der Waals surface area (Å²) in [7, 11) is 0. The van der Waals surface area contributed by atoms with Crippen LogP contribution in [-0.2, 0) is -8.39 Å². The molecule has 0 aliphatic carbocycles. The van der Waals surface area contributed by atoms with Gasteiger partial charge in [0.1, 0.15) is 0 Å². The summed E-state index contributed by atoms with van der Waals surface area (Å²) in [6.07, 6.45) is 0. The van der Waals surface area contributed by atoms with E-state index >= 15 is 0 Å². The van der Waals surface area contributed by atoms with Crippen LogP contribution >= 0.6 is 114 Å². The van der Waals surface area contributed by atoms with Crippen LogP contribution in [0.1, 0.15) is 0 Å². The molecule has 0 amide bonds. The van der Waals surface area contributed by atoms with E-state index in [9.17, 15) is 0 Å². The van der Waals surface area contributed by atoms with Gasteiger partial charge in [-0.2, -0.15) is 0 Å². The van der Waals surface area contributed by atoms with Crippen molar-refractivity contribution in [1.29, 1.82) is 0 Å². The van der Waals surface area contributed by atoms with E-state index < -0.39 is -8.39 Å². The van der Waals surface area contributed by atoms with Crippen LogP contribution in [0, 0.1) is 0 Å². The van der Waals surface area contributed by atoms with E-state index in [0.717, 1.165) is 0 Å². The molecule has 0 aliphatic rings. The number of hydrogen-bond acceptors (Lipinski definition) is 0. The van der Waals surface area contributed by atoms with Crippen molar-refractivity contribution >= 4 is 114 Å². The molecule has 0 rings (SSSR count). The van der Waals surface area contributed by atoms with E-state index in [1.807, 2.05) is 0 Å². The molecule has 0 fully saturated rings. The van der Waals surface area contributed by atoms with Gasteiger partial charge in [-0.1, -0.05) is 0 Å². The molecule has 0 saturated heterocycles. The van der Waals surface area contributed by atoms with Gasteiger partial charge in [0, 0.05) is 0 Å². The molecular formula is AgI6. The molecule has 0 bridgehead atoms. The average Bonchev–Trinajstić information content (AvgIpc) is 0.592. The molecule has 0 N–H and O–H groups in total. The maximum atomic E-state index is 2.54. The molecule has 0 aromatic rings. The summed E-state index contributed by atoms with van der Waals surface area (Å²) >= 11 is 15.2. The second kappa shape index (κ2) is 2.81. The van der Waals surface area contributed by atoms with Crippen LogP contribution in [0.25, 0.3) is 0 Å². The van der Waals surface area contributed by atoms with Crippen LogP contribution in [0.4, 0.5) is 0 Å². The van der Waals surface area contributed by atoms with Crippen molar-refractivity contribution < 1.29 is -8.39 Å². The first-order chi connectivity index (χ1) is 2.45. The first-order valence-corrected chi connectivity index (χ1v) is 27.1. The van der Waals surface area contributed by atoms with Crippen LogP contribution in [0.5, 0.6) is 0 Å². The third-order valence-corrected chi connectivity index (χ3v) is 0. The predicted octanol–water partition coefficient (Wildman–Crippen LogP) is 5.31. The van der Waals surface area contributed by atoms with Crippen LogP contribution in [0.3, 0.4) is 0 Å². The molecule has 0 unspecified atom stereocenters. The Morgan fingerprint density at radius 3 is 0.571 bits per heavy atom. The summed E-state index contributed by atoms with van der Waals surface area (Å²) in [6.45, 7) is 0. The predicted molar refractivity (Wildman–Crippen MR) is 84.1 cm³/mol. The average molecular weight is 869 g/mol. The molecule has 53 valence electrons. The zero-order valence-electron chi connectivity index (χ0n) is 2.57. The standard InChI is InChI=1S/Ag.6HI/h;6*1H/q+6;;;;;;/p-6. The van der Waals surface area contributed by atoms with Gasteiger partial charge in [-0.05, 0) is 0 Å². The quantitative estimate of drug-likeness (QED) is 0.229. The van der Waals surface area contributed by atoms with E-state index in [0.29, 0.717) is 0 Å². The summed E-state index contributed by atoms with van der Waals surface area (Å²) in [5.74, 6) is 0. The third-order valence-electron chi connectivity index (χ3n) is 0. The fraction of sp³-hybridized carbons (Fsp3) is 0. The Bertz CT molecular complexity index is 62.7. The molecule has 0 radical (unpaired) electrons. The van der Waals surface area contributed by atoms with E-state index in [2.05, 4.69) is 114 Å². The Kier molecular flexibility index (Phi) is 4.87. The van der Waals surface area contributed by atoms with E-state index in [4.69, 9.17) is 0 Å². The van der Waals surface area contributed by atoms with Crippen molar-refractivity contribution in [2.75, 3.05) is 0 Å². The van der Waals surface area contributed by atoms with E-state index in [1.165, 1.54) is 0 Å². The molecule has 0 spiro atoms. The first-order valence-electron chi connectivity index (χ1n) is 0.684. The van der Waals surface area contributed by atoms with Gasteiger partial charge >= 0.3 is 106 Å². The van der Waals surface area contributed by atoms with Crippen LogP contribution in [0.2, 0.25) is 0 Å². The molecule has 0 heterocycles. The molecule has 0 aromatic carbocycles. The van der Waals surface area contributed by atoms with Gasteiger partial charge in [-0.3, -0.25) is 0 Å². The van der Waals surface area contributed by atoms with Crippen LogP contribution in [-0.4, -0.2) is 0 Å². The van der Waals surface area contributed by atoms with Gasteiger partial charge < -0.3 is 0 Å². The van der Waals surface area contributed by atoms with Crippen molar-refractivity contribution in [3.63, 3.8) is 0 Å². The van der Waals surface area contributed by atoms with Crippen molar-refractivity contribution in [2.45, 2.75) is 0 Å². The zero-order valence-corrected chi connectivity index (χ0v) is 17.0. The van der Waals surface area contributed by atoms with Crippen molar-refractivity contribution in [3.05, 3.63) is 0 Å². The van der Waals surface area contributed by atoms with Crippen molar-refractivity contribution in [3.8, 4) is 0 Å². The summed E-state index contributed by atoms with van der Waals surface area (Å²) in [6, 6.07) is 0. The summed E-state index contributed by atoms with van der Waals surface area (Å²) in [5.41, 5.74) is 0. The van der Waals surface area contributed by atoms with Crippen LogP contribution in [0.15, 0.2) is 0 Å². The fourth-order valence-electron chi connectivity index (χ4n) is 0. The Hall–Kier alpha value is 5.12. The van der Waals surface area contributed by atoms with Crippen molar-refractivity contribution in [2.24, 2.45) is 0 Å². The first kappa shape index (κ1) is 12.1. The molecule has 7 heteroatoms. The van der Waals surface area contributed by atoms with Gasteiger partial charge in [0.05, 0.1) is 0 Å². The molecule has 0 aromatic heterocycles. The molecular weight excluding hydrogens is 869 g/mol. The Labute approximate surface area is 101 Å². The second-order valence-corrected chi connectivity index (χ2v) is 172. The Balaban J connectivity index is 4.43. The normalized spacial score (nSPS) is 23.1. The summed E-state index contributed by atoms with van der Waals surface area (Å²) < 4.78 is -2.03. The minimum absolute atomic E-state index is 2.03. The van der Waals surface area contributed by atoms with Gasteiger partial charge in [0.25, 0.3) is 0 Å². The molecule has 7 heavy (non-hydrogen) atoms. The Morgan fingerprint density at radius 1 is 0.571 bits per heavy atom. The minimum atomic E-state index is -2.03. The second-order valence-electron chi connectivity index (χ2n) is 0.646. The summed E-state index contributed by atoms with van der Waals surface area (Å²) in [5, 5.41) is 0. The zero-order chi connectivity index (χ0) is 6.41. The van der Waals surface area contributed by atoms with E-state index in [1.54, 1.807) is 0 Å². The third kappa shape index (κ3) is 35.3. The van der Waals surface area contributed by atoms with Gasteiger partial charge in [-0.15, -0.1) is 0 Å². The fourth-order valence-corrected chi connectivity index (χ4v) is 0. The topological polar surface area (TPSA) is 0 Å². The molecule has 0 atom stereocenters. The monoisotopic (exact) mass is 868 g/mol. The van der Waals surface area contributed by atoms with E-state index in [-0.39, 0.29) is 0 Å². The van der Waals surface area contributed by atoms with Gasteiger partial charge in [0.2, 0.25) is 0 Å². The number of halogens is 6. The maximum absolute atomic E-state index is 2.54.